The lowest BCUT2D eigenvalue weighted by Gasteiger charge is -2.11. The van der Waals surface area contributed by atoms with E-state index in [2.05, 4.69) is 40.6 Å². The van der Waals surface area contributed by atoms with Crippen molar-refractivity contribution in [3.05, 3.63) is 59.7 Å². The molecule has 116 valence electrons. The number of amides is 1. The highest BCUT2D eigenvalue weighted by Crippen LogP contribution is 2.29. The Morgan fingerprint density at radius 2 is 1.83 bits per heavy atom. The van der Waals surface area contributed by atoms with Crippen LogP contribution in [0.2, 0.25) is 0 Å². The number of nitrogens with one attached hydrogen (secondary N) is 1. The van der Waals surface area contributed by atoms with Crippen LogP contribution < -0.4 is 5.32 Å². The third-order valence-corrected chi connectivity index (χ3v) is 6.20. The van der Waals surface area contributed by atoms with Crippen LogP contribution in [-0.2, 0) is 17.6 Å². The maximum Gasteiger partial charge on any atom is 0.230 e. The van der Waals surface area contributed by atoms with Gasteiger partial charge in [-0.1, -0.05) is 48.2 Å². The lowest BCUT2D eigenvalue weighted by Crippen LogP contribution is -2.36. The quantitative estimate of drug-likeness (QED) is 0.737. The number of carbonyl (C=O) groups excluding carboxylic acids is 1. The minimum absolute atomic E-state index is 0.0899. The van der Waals surface area contributed by atoms with Gasteiger partial charge in [0, 0.05) is 6.04 Å². The number of para-hydroxylation sites is 1. The molecule has 0 spiro atoms. The first-order valence-corrected chi connectivity index (χ1v) is 9.43. The Balaban J connectivity index is 1.32. The summed E-state index contributed by atoms with van der Waals surface area (Å²) in [6.45, 7) is 0. The molecule has 0 aliphatic heterocycles. The van der Waals surface area contributed by atoms with E-state index >= 15 is 0 Å². The van der Waals surface area contributed by atoms with Crippen LogP contribution in [0.1, 0.15) is 11.1 Å². The Morgan fingerprint density at radius 3 is 2.57 bits per heavy atom. The van der Waals surface area contributed by atoms with Crippen molar-refractivity contribution in [1.82, 2.24) is 10.3 Å². The van der Waals surface area contributed by atoms with E-state index in [0.717, 1.165) is 22.7 Å². The van der Waals surface area contributed by atoms with Gasteiger partial charge >= 0.3 is 0 Å². The molecule has 5 heteroatoms. The molecule has 1 aliphatic carbocycles. The summed E-state index contributed by atoms with van der Waals surface area (Å²) in [7, 11) is 0. The molecule has 3 aromatic rings. The summed E-state index contributed by atoms with van der Waals surface area (Å²) in [6.07, 6.45) is 1.88. The molecule has 0 atom stereocenters. The minimum Gasteiger partial charge on any atom is -0.352 e. The molecule has 0 fully saturated rings. The fourth-order valence-corrected chi connectivity index (χ4v) is 4.85. The molecule has 0 saturated carbocycles. The highest BCUT2D eigenvalue weighted by Gasteiger charge is 2.22. The largest absolute Gasteiger partial charge is 0.352 e. The summed E-state index contributed by atoms with van der Waals surface area (Å²) in [5.74, 6) is 0.513. The molecule has 1 N–H and O–H groups in total. The van der Waals surface area contributed by atoms with Crippen LogP contribution in [0.15, 0.2) is 52.9 Å². The highest BCUT2D eigenvalue weighted by molar-refractivity contribution is 8.01. The number of fused-ring (bicyclic) bond motifs is 2. The van der Waals surface area contributed by atoms with E-state index in [9.17, 15) is 4.79 Å². The van der Waals surface area contributed by atoms with E-state index in [0.29, 0.717) is 5.75 Å². The molecule has 0 bridgehead atoms. The summed E-state index contributed by atoms with van der Waals surface area (Å²) >= 11 is 3.16. The predicted molar refractivity (Wildman–Crippen MR) is 96.1 cm³/mol. The van der Waals surface area contributed by atoms with Gasteiger partial charge in [0.25, 0.3) is 0 Å². The van der Waals surface area contributed by atoms with E-state index in [-0.39, 0.29) is 11.9 Å². The molecule has 0 radical (unpaired) electrons. The Labute approximate surface area is 143 Å². The second kappa shape index (κ2) is 6.34. The number of hydrogen-bond acceptors (Lipinski definition) is 4. The monoisotopic (exact) mass is 340 g/mol. The average Bonchev–Trinajstić information content (AvgIpc) is 3.15. The highest BCUT2D eigenvalue weighted by atomic mass is 32.2. The number of thioether (sulfide) groups is 1. The van der Waals surface area contributed by atoms with Gasteiger partial charge < -0.3 is 5.32 Å². The van der Waals surface area contributed by atoms with Gasteiger partial charge in [-0.2, -0.15) is 0 Å². The van der Waals surface area contributed by atoms with E-state index < -0.39 is 0 Å². The number of rotatable bonds is 4. The molecule has 1 heterocycles. The van der Waals surface area contributed by atoms with Crippen LogP contribution in [0, 0.1) is 0 Å². The van der Waals surface area contributed by atoms with Crippen molar-refractivity contribution in [1.29, 1.82) is 0 Å². The molecule has 1 amide bonds. The average molecular weight is 340 g/mol. The van der Waals surface area contributed by atoms with Gasteiger partial charge in [-0.05, 0) is 36.1 Å². The Kier molecular flexibility index (Phi) is 4.06. The number of hydrogen-bond donors (Lipinski definition) is 1. The lowest BCUT2D eigenvalue weighted by molar-refractivity contribution is -0.119. The molecule has 2 aromatic carbocycles. The molecule has 3 nitrogen and oxygen atoms in total. The van der Waals surface area contributed by atoms with Gasteiger partial charge in [-0.15, -0.1) is 11.3 Å². The second-order valence-electron chi connectivity index (χ2n) is 5.68. The van der Waals surface area contributed by atoms with Crippen molar-refractivity contribution in [2.45, 2.75) is 23.2 Å². The van der Waals surface area contributed by atoms with Crippen molar-refractivity contribution >= 4 is 39.2 Å². The zero-order valence-electron chi connectivity index (χ0n) is 12.5. The van der Waals surface area contributed by atoms with Crippen LogP contribution in [0.5, 0.6) is 0 Å². The number of benzene rings is 2. The van der Waals surface area contributed by atoms with Gasteiger partial charge in [-0.25, -0.2) is 4.98 Å². The Morgan fingerprint density at radius 1 is 1.13 bits per heavy atom. The van der Waals surface area contributed by atoms with E-state index in [1.54, 1.807) is 11.3 Å². The first-order chi connectivity index (χ1) is 11.3. The molecule has 0 saturated heterocycles. The summed E-state index contributed by atoms with van der Waals surface area (Å²) in [5.41, 5.74) is 3.72. The van der Waals surface area contributed by atoms with Crippen molar-refractivity contribution in [2.24, 2.45) is 0 Å². The van der Waals surface area contributed by atoms with Gasteiger partial charge in [0.1, 0.15) is 0 Å². The third kappa shape index (κ3) is 3.26. The maximum absolute atomic E-state index is 12.2. The maximum atomic E-state index is 12.2. The van der Waals surface area contributed by atoms with Crippen LogP contribution in [-0.4, -0.2) is 22.7 Å². The lowest BCUT2D eigenvalue weighted by atomic mass is 10.1. The van der Waals surface area contributed by atoms with Crippen LogP contribution in [0.3, 0.4) is 0 Å². The van der Waals surface area contributed by atoms with Gasteiger partial charge in [-0.3, -0.25) is 4.79 Å². The molecule has 23 heavy (non-hydrogen) atoms. The molecule has 0 unspecified atom stereocenters. The molecule has 4 rings (SSSR count). The topological polar surface area (TPSA) is 42.0 Å². The number of thiazole rings is 1. The smallest absolute Gasteiger partial charge is 0.230 e. The first-order valence-electron chi connectivity index (χ1n) is 7.62. The van der Waals surface area contributed by atoms with E-state index in [1.807, 2.05) is 18.2 Å². The predicted octanol–water partition coefficient (Wildman–Crippen LogP) is 3.67. The van der Waals surface area contributed by atoms with Gasteiger partial charge in [0.2, 0.25) is 5.91 Å². The molecule has 1 aromatic heterocycles. The Bertz CT molecular complexity index is 801. The van der Waals surface area contributed by atoms with Crippen molar-refractivity contribution in [3.8, 4) is 0 Å². The number of carbonyl (C=O) groups is 1. The van der Waals surface area contributed by atoms with Gasteiger partial charge in [0.05, 0.1) is 16.0 Å². The summed E-state index contributed by atoms with van der Waals surface area (Å²) < 4.78 is 2.12. The van der Waals surface area contributed by atoms with Crippen molar-refractivity contribution < 1.29 is 4.79 Å². The van der Waals surface area contributed by atoms with Crippen LogP contribution >= 0.6 is 23.1 Å². The summed E-state index contributed by atoms with van der Waals surface area (Å²) in [6, 6.07) is 16.7. The zero-order valence-corrected chi connectivity index (χ0v) is 14.1. The first kappa shape index (κ1) is 14.7. The fourth-order valence-electron chi connectivity index (χ4n) is 2.97. The van der Waals surface area contributed by atoms with Gasteiger partial charge in [0.15, 0.2) is 4.34 Å². The molecular weight excluding hydrogens is 324 g/mol. The zero-order chi connectivity index (χ0) is 15.6. The van der Waals surface area contributed by atoms with E-state index in [1.165, 1.54) is 27.6 Å². The second-order valence-corrected chi connectivity index (χ2v) is 7.93. The minimum atomic E-state index is 0.0899. The van der Waals surface area contributed by atoms with Crippen molar-refractivity contribution in [3.63, 3.8) is 0 Å². The van der Waals surface area contributed by atoms with Crippen molar-refractivity contribution in [2.75, 3.05) is 5.75 Å². The molecule has 1 aliphatic rings. The van der Waals surface area contributed by atoms with E-state index in [4.69, 9.17) is 0 Å². The number of nitrogens with zero attached hydrogens (tertiary/aromatic N) is 1. The standard InChI is InChI=1S/C18H16N2OS2/c21-17(19-14-9-12-5-1-2-6-13(12)10-14)11-22-18-20-15-7-3-4-8-16(15)23-18/h1-8,14H,9-11H2,(H,19,21). The van der Waals surface area contributed by atoms with Crippen LogP contribution in [0.25, 0.3) is 10.2 Å². The third-order valence-electron chi connectivity index (χ3n) is 4.02. The van der Waals surface area contributed by atoms with Crippen LogP contribution in [0.4, 0.5) is 0 Å². The SMILES string of the molecule is O=C(CSc1nc2ccccc2s1)NC1Cc2ccccc2C1. The number of aromatic nitrogens is 1. The summed E-state index contributed by atoms with van der Waals surface area (Å²) in [4.78, 5) is 16.7. The normalized spacial score (nSPS) is 14.1. The molecular formula is C18H16N2OS2. The fraction of sp³-hybridized carbons (Fsp3) is 0.222. The Hall–Kier alpha value is -1.85. The summed E-state index contributed by atoms with van der Waals surface area (Å²) in [5, 5.41) is 3.15.